The molecule has 0 saturated heterocycles. The molecule has 0 radical (unpaired) electrons. The SMILES string of the molecule is CCCCOCCCCOc1cnc(-c2ccc(CCCCCC/C=C/C(=O)O)cc2)nc1. The van der Waals surface area contributed by atoms with E-state index in [0.717, 1.165) is 76.6 Å². The molecule has 2 rings (SSSR count). The standard InChI is InChI=1S/C27H38N2O4/c1-2-3-18-32-19-10-11-20-33-25-21-28-27(29-22-25)24-16-14-23(15-17-24)12-8-6-4-5-7-9-13-26(30)31/h9,13-17,21-22H,2-8,10-12,18-20H2,1H3,(H,30,31)/b13-9+. The molecule has 1 N–H and O–H groups in total. The number of hydrogen-bond donors (Lipinski definition) is 1. The molecule has 0 spiro atoms. The fourth-order valence-electron chi connectivity index (χ4n) is 3.33. The highest BCUT2D eigenvalue weighted by Crippen LogP contribution is 2.18. The average Bonchev–Trinajstić information content (AvgIpc) is 2.83. The molecule has 6 heteroatoms. The number of carboxylic acid groups (broad SMARTS) is 1. The van der Waals surface area contributed by atoms with Gasteiger partial charge in [0, 0.05) is 24.9 Å². The van der Waals surface area contributed by atoms with E-state index < -0.39 is 5.97 Å². The van der Waals surface area contributed by atoms with Crippen LogP contribution in [0, 0.1) is 0 Å². The Kier molecular flexibility index (Phi) is 13.5. The molecule has 0 aliphatic rings. The highest BCUT2D eigenvalue weighted by Gasteiger charge is 2.03. The molecule has 6 nitrogen and oxygen atoms in total. The lowest BCUT2D eigenvalue weighted by molar-refractivity contribution is -0.131. The summed E-state index contributed by atoms with van der Waals surface area (Å²) in [7, 11) is 0. The Bertz CT molecular complexity index is 804. The monoisotopic (exact) mass is 454 g/mol. The van der Waals surface area contributed by atoms with Crippen LogP contribution in [-0.4, -0.2) is 40.9 Å². The van der Waals surface area contributed by atoms with Gasteiger partial charge in [0.25, 0.3) is 0 Å². The van der Waals surface area contributed by atoms with Gasteiger partial charge >= 0.3 is 5.97 Å². The van der Waals surface area contributed by atoms with E-state index in [4.69, 9.17) is 14.6 Å². The Morgan fingerprint density at radius 1 is 0.909 bits per heavy atom. The van der Waals surface area contributed by atoms with Crippen LogP contribution >= 0.6 is 0 Å². The first-order valence-electron chi connectivity index (χ1n) is 12.2. The summed E-state index contributed by atoms with van der Waals surface area (Å²) in [5.74, 6) is 0.524. The molecule has 1 aromatic heterocycles. The predicted molar refractivity (Wildman–Crippen MR) is 131 cm³/mol. The van der Waals surface area contributed by atoms with Gasteiger partial charge in [0.15, 0.2) is 11.6 Å². The lowest BCUT2D eigenvalue weighted by atomic mass is 10.0. The number of aliphatic carboxylic acids is 1. The second-order valence-electron chi connectivity index (χ2n) is 8.15. The number of unbranched alkanes of at least 4 members (excludes halogenated alkanes) is 6. The quantitative estimate of drug-likeness (QED) is 0.212. The molecule has 1 heterocycles. The van der Waals surface area contributed by atoms with Crippen molar-refractivity contribution in [3.63, 3.8) is 0 Å². The Labute approximate surface area is 198 Å². The number of hydrogen-bond acceptors (Lipinski definition) is 5. The Balaban J connectivity index is 1.62. The summed E-state index contributed by atoms with van der Waals surface area (Å²) < 4.78 is 11.3. The third-order valence-electron chi connectivity index (χ3n) is 5.28. The molecular weight excluding hydrogens is 416 g/mol. The van der Waals surface area contributed by atoms with Crippen molar-refractivity contribution < 1.29 is 19.4 Å². The molecule has 0 fully saturated rings. The van der Waals surface area contributed by atoms with Gasteiger partial charge in [-0.1, -0.05) is 56.5 Å². The molecule has 0 amide bonds. The van der Waals surface area contributed by atoms with Crippen LogP contribution in [0.25, 0.3) is 11.4 Å². The van der Waals surface area contributed by atoms with Crippen LogP contribution in [0.5, 0.6) is 5.75 Å². The number of rotatable bonds is 18. The molecule has 0 atom stereocenters. The van der Waals surface area contributed by atoms with Crippen molar-refractivity contribution in [2.45, 2.75) is 71.1 Å². The normalized spacial score (nSPS) is 11.2. The van der Waals surface area contributed by atoms with Gasteiger partial charge in [-0.25, -0.2) is 14.8 Å². The van der Waals surface area contributed by atoms with Crippen LogP contribution in [0.2, 0.25) is 0 Å². The predicted octanol–water partition coefficient (Wildman–Crippen LogP) is 6.25. The van der Waals surface area contributed by atoms with E-state index in [9.17, 15) is 4.79 Å². The molecule has 0 aliphatic carbocycles. The first kappa shape index (κ1) is 26.5. The number of aryl methyl sites for hydroxylation is 1. The van der Waals surface area contributed by atoms with E-state index in [1.54, 1.807) is 18.5 Å². The average molecular weight is 455 g/mol. The van der Waals surface area contributed by atoms with E-state index in [1.165, 1.54) is 18.1 Å². The van der Waals surface area contributed by atoms with E-state index >= 15 is 0 Å². The summed E-state index contributed by atoms with van der Waals surface area (Å²) in [5.41, 5.74) is 2.31. The van der Waals surface area contributed by atoms with Crippen LogP contribution in [0.3, 0.4) is 0 Å². The first-order chi connectivity index (χ1) is 16.2. The van der Waals surface area contributed by atoms with Crippen molar-refractivity contribution in [1.82, 2.24) is 9.97 Å². The molecule has 0 aliphatic heterocycles. The second kappa shape index (κ2) is 16.8. The fourth-order valence-corrected chi connectivity index (χ4v) is 3.33. The number of ether oxygens (including phenoxy) is 2. The van der Waals surface area contributed by atoms with E-state index in [-0.39, 0.29) is 0 Å². The molecule has 0 bridgehead atoms. The Morgan fingerprint density at radius 3 is 2.33 bits per heavy atom. The van der Waals surface area contributed by atoms with E-state index in [1.807, 2.05) is 0 Å². The third kappa shape index (κ3) is 12.2. The van der Waals surface area contributed by atoms with Crippen molar-refractivity contribution in [3.8, 4) is 17.1 Å². The van der Waals surface area contributed by atoms with Gasteiger partial charge in [0.1, 0.15) is 0 Å². The summed E-state index contributed by atoms with van der Waals surface area (Å²) in [6, 6.07) is 8.42. The maximum Gasteiger partial charge on any atom is 0.327 e. The lowest BCUT2D eigenvalue weighted by Gasteiger charge is -2.07. The topological polar surface area (TPSA) is 81.5 Å². The lowest BCUT2D eigenvalue weighted by Crippen LogP contribution is -2.02. The van der Waals surface area contributed by atoms with Gasteiger partial charge in [-0.3, -0.25) is 0 Å². The molecule has 1 aromatic carbocycles. The van der Waals surface area contributed by atoms with Gasteiger partial charge in [0.05, 0.1) is 19.0 Å². The second-order valence-corrected chi connectivity index (χ2v) is 8.15. The summed E-state index contributed by atoms with van der Waals surface area (Å²) in [4.78, 5) is 19.3. The van der Waals surface area contributed by atoms with Crippen molar-refractivity contribution >= 4 is 5.97 Å². The minimum Gasteiger partial charge on any atom is -0.490 e. The number of benzene rings is 1. The summed E-state index contributed by atoms with van der Waals surface area (Å²) in [6.45, 7) is 4.46. The largest absolute Gasteiger partial charge is 0.490 e. The van der Waals surface area contributed by atoms with E-state index in [2.05, 4.69) is 41.2 Å². The third-order valence-corrected chi connectivity index (χ3v) is 5.28. The molecule has 0 saturated carbocycles. The maximum absolute atomic E-state index is 10.4. The van der Waals surface area contributed by atoms with Crippen LogP contribution in [0.1, 0.15) is 70.3 Å². The van der Waals surface area contributed by atoms with Crippen LogP contribution in [0.4, 0.5) is 0 Å². The van der Waals surface area contributed by atoms with Gasteiger partial charge in [-0.05, 0) is 50.5 Å². The summed E-state index contributed by atoms with van der Waals surface area (Å²) in [6.07, 6.45) is 17.0. The molecule has 0 unspecified atom stereocenters. The molecule has 33 heavy (non-hydrogen) atoms. The van der Waals surface area contributed by atoms with Gasteiger partial charge in [-0.15, -0.1) is 0 Å². The summed E-state index contributed by atoms with van der Waals surface area (Å²) >= 11 is 0. The zero-order valence-corrected chi connectivity index (χ0v) is 19.9. The van der Waals surface area contributed by atoms with Crippen LogP contribution in [-0.2, 0) is 16.0 Å². The minimum absolute atomic E-state index is 0.646. The highest BCUT2D eigenvalue weighted by atomic mass is 16.5. The smallest absolute Gasteiger partial charge is 0.327 e. The van der Waals surface area contributed by atoms with Crippen molar-refractivity contribution in [2.24, 2.45) is 0 Å². The number of aromatic nitrogens is 2. The minimum atomic E-state index is -0.872. The van der Waals surface area contributed by atoms with Crippen molar-refractivity contribution in [1.29, 1.82) is 0 Å². The number of carboxylic acids is 1. The number of carbonyl (C=O) groups is 1. The number of nitrogens with zero attached hydrogens (tertiary/aromatic N) is 2. The zero-order valence-electron chi connectivity index (χ0n) is 19.9. The zero-order chi connectivity index (χ0) is 23.6. The highest BCUT2D eigenvalue weighted by molar-refractivity contribution is 5.79. The first-order valence-corrected chi connectivity index (χ1v) is 12.2. The Morgan fingerprint density at radius 2 is 1.61 bits per heavy atom. The van der Waals surface area contributed by atoms with E-state index in [0.29, 0.717) is 18.2 Å². The fraction of sp³-hybridized carbons (Fsp3) is 0.519. The van der Waals surface area contributed by atoms with Gasteiger partial charge in [0.2, 0.25) is 0 Å². The van der Waals surface area contributed by atoms with Crippen molar-refractivity contribution in [3.05, 3.63) is 54.4 Å². The molecule has 2 aromatic rings. The van der Waals surface area contributed by atoms with Crippen LogP contribution in [0.15, 0.2) is 48.8 Å². The van der Waals surface area contributed by atoms with Crippen molar-refractivity contribution in [2.75, 3.05) is 19.8 Å². The molecule has 180 valence electrons. The molecular formula is C27H38N2O4. The summed E-state index contributed by atoms with van der Waals surface area (Å²) in [5, 5.41) is 8.55. The maximum atomic E-state index is 10.4. The van der Waals surface area contributed by atoms with Crippen LogP contribution < -0.4 is 4.74 Å². The number of allylic oxidation sites excluding steroid dienone is 1. The Hall–Kier alpha value is -2.73. The van der Waals surface area contributed by atoms with Gasteiger partial charge in [-0.2, -0.15) is 0 Å². The van der Waals surface area contributed by atoms with Gasteiger partial charge < -0.3 is 14.6 Å².